The zero-order valence-corrected chi connectivity index (χ0v) is 16.8. The molecule has 0 radical (unpaired) electrons. The van der Waals surface area contributed by atoms with Crippen molar-refractivity contribution in [3.8, 4) is 23.0 Å². The Morgan fingerprint density at radius 3 is 2.57 bits per heavy atom. The molecule has 6 heteroatoms. The topological polar surface area (TPSA) is 54.0 Å². The lowest BCUT2D eigenvalue weighted by atomic mass is 9.86. The lowest BCUT2D eigenvalue weighted by Gasteiger charge is -2.43. The fourth-order valence-electron chi connectivity index (χ4n) is 4.19. The highest BCUT2D eigenvalue weighted by molar-refractivity contribution is 5.96. The van der Waals surface area contributed by atoms with Gasteiger partial charge in [-0.3, -0.25) is 4.79 Å². The average molecular weight is 384 g/mol. The zero-order valence-electron chi connectivity index (χ0n) is 16.8. The standard InChI is InChI=1S/C22H26NO5/c1-23(2)10-9-15-11-19-21(28-13-27-19)22(26-4)20(15)17(23)12-18(24)14-5-7-16(25-3)8-6-14/h5-8,11,17H,9-10,12-13H2,1-4H3/q+1/t17-/m0/s1. The van der Waals surface area contributed by atoms with E-state index in [0.29, 0.717) is 28.0 Å². The van der Waals surface area contributed by atoms with Crippen molar-refractivity contribution in [2.75, 3.05) is 41.7 Å². The Morgan fingerprint density at radius 2 is 1.89 bits per heavy atom. The van der Waals surface area contributed by atoms with Crippen LogP contribution >= 0.6 is 0 Å². The van der Waals surface area contributed by atoms with E-state index in [9.17, 15) is 4.79 Å². The molecule has 28 heavy (non-hydrogen) atoms. The third kappa shape index (κ3) is 3.07. The van der Waals surface area contributed by atoms with Gasteiger partial charge in [-0.1, -0.05) is 0 Å². The van der Waals surface area contributed by atoms with Crippen LogP contribution in [0.2, 0.25) is 0 Å². The number of hydrogen-bond donors (Lipinski definition) is 0. The molecule has 0 spiro atoms. The summed E-state index contributed by atoms with van der Waals surface area (Å²) < 4.78 is 22.9. The minimum Gasteiger partial charge on any atom is -0.497 e. The molecule has 2 aromatic carbocycles. The van der Waals surface area contributed by atoms with E-state index >= 15 is 0 Å². The first-order valence-electron chi connectivity index (χ1n) is 9.44. The van der Waals surface area contributed by atoms with Gasteiger partial charge in [-0.2, -0.15) is 0 Å². The van der Waals surface area contributed by atoms with Crippen LogP contribution in [0.25, 0.3) is 0 Å². The summed E-state index contributed by atoms with van der Waals surface area (Å²) >= 11 is 0. The molecule has 2 heterocycles. The van der Waals surface area contributed by atoms with Gasteiger partial charge in [0.15, 0.2) is 17.3 Å². The predicted molar refractivity (Wildman–Crippen MR) is 104 cm³/mol. The monoisotopic (exact) mass is 384 g/mol. The third-order valence-electron chi connectivity index (χ3n) is 5.87. The highest BCUT2D eigenvalue weighted by Crippen LogP contribution is 2.51. The summed E-state index contributed by atoms with van der Waals surface area (Å²) in [4.78, 5) is 13.1. The molecule has 2 aromatic rings. The maximum absolute atomic E-state index is 13.1. The van der Waals surface area contributed by atoms with Crippen molar-refractivity contribution in [3.63, 3.8) is 0 Å². The molecule has 0 aromatic heterocycles. The van der Waals surface area contributed by atoms with Crippen LogP contribution in [0.5, 0.6) is 23.0 Å². The lowest BCUT2D eigenvalue weighted by Crippen LogP contribution is -2.48. The van der Waals surface area contributed by atoms with Crippen molar-refractivity contribution in [1.82, 2.24) is 0 Å². The van der Waals surface area contributed by atoms with Gasteiger partial charge in [0.05, 0.1) is 46.8 Å². The minimum absolute atomic E-state index is 0.0252. The van der Waals surface area contributed by atoms with Crippen LogP contribution in [0.15, 0.2) is 30.3 Å². The maximum atomic E-state index is 13.1. The summed E-state index contributed by atoms with van der Waals surface area (Å²) in [5.41, 5.74) is 2.92. The number of ketones is 1. The highest BCUT2D eigenvalue weighted by atomic mass is 16.7. The van der Waals surface area contributed by atoms with Crippen LogP contribution in [0.1, 0.15) is 33.9 Å². The molecule has 0 aliphatic carbocycles. The second-order valence-electron chi connectivity index (χ2n) is 7.84. The third-order valence-corrected chi connectivity index (χ3v) is 5.87. The van der Waals surface area contributed by atoms with E-state index < -0.39 is 0 Å². The van der Waals surface area contributed by atoms with Crippen molar-refractivity contribution in [2.45, 2.75) is 18.9 Å². The number of nitrogens with zero attached hydrogens (tertiary/aromatic N) is 1. The van der Waals surface area contributed by atoms with Gasteiger partial charge in [0.1, 0.15) is 11.8 Å². The number of likely N-dealkylation sites (N-methyl/N-ethyl adjacent to an activating group) is 1. The van der Waals surface area contributed by atoms with Gasteiger partial charge in [0, 0.05) is 12.0 Å². The molecule has 6 nitrogen and oxygen atoms in total. The number of benzene rings is 2. The number of quaternary nitrogens is 1. The van der Waals surface area contributed by atoms with Gasteiger partial charge in [0.25, 0.3) is 0 Å². The molecule has 0 amide bonds. The molecule has 0 saturated carbocycles. The zero-order chi connectivity index (χ0) is 19.9. The van der Waals surface area contributed by atoms with E-state index in [2.05, 4.69) is 14.1 Å². The molecule has 148 valence electrons. The van der Waals surface area contributed by atoms with Crippen LogP contribution in [0.3, 0.4) is 0 Å². The second-order valence-corrected chi connectivity index (χ2v) is 7.84. The number of ether oxygens (including phenoxy) is 4. The quantitative estimate of drug-likeness (QED) is 0.584. The van der Waals surface area contributed by atoms with E-state index in [0.717, 1.165) is 30.0 Å². The first-order valence-corrected chi connectivity index (χ1v) is 9.44. The van der Waals surface area contributed by atoms with Crippen molar-refractivity contribution in [1.29, 1.82) is 0 Å². The van der Waals surface area contributed by atoms with Crippen LogP contribution in [-0.4, -0.2) is 51.9 Å². The molecule has 0 fully saturated rings. The fourth-order valence-corrected chi connectivity index (χ4v) is 4.19. The maximum Gasteiger partial charge on any atom is 0.231 e. The molecule has 0 unspecified atom stereocenters. The van der Waals surface area contributed by atoms with Crippen LogP contribution < -0.4 is 18.9 Å². The minimum atomic E-state index is -0.0252. The Morgan fingerprint density at radius 1 is 1.14 bits per heavy atom. The predicted octanol–water partition coefficient (Wildman–Crippen LogP) is 3.38. The molecule has 4 rings (SSSR count). The molecule has 1 atom stereocenters. The van der Waals surface area contributed by atoms with Crippen LogP contribution in [-0.2, 0) is 6.42 Å². The lowest BCUT2D eigenvalue weighted by molar-refractivity contribution is -0.922. The van der Waals surface area contributed by atoms with Gasteiger partial charge in [-0.05, 0) is 35.9 Å². The molecule has 2 aliphatic rings. The summed E-state index contributed by atoms with van der Waals surface area (Å²) in [5.74, 6) is 2.91. The van der Waals surface area contributed by atoms with Crippen LogP contribution in [0, 0.1) is 0 Å². The first-order chi connectivity index (χ1) is 13.4. The SMILES string of the molecule is COc1ccc(C(=O)C[C@H]2c3c(cc4c(c3OC)OCO4)CC[N+]2(C)C)cc1. The molecule has 0 saturated heterocycles. The molecule has 0 N–H and O–H groups in total. The van der Waals surface area contributed by atoms with E-state index in [1.165, 1.54) is 5.56 Å². The summed E-state index contributed by atoms with van der Waals surface area (Å²) in [6, 6.07) is 9.30. The van der Waals surface area contributed by atoms with Gasteiger partial charge in [0.2, 0.25) is 12.5 Å². The Balaban J connectivity index is 1.73. The molecular weight excluding hydrogens is 358 g/mol. The van der Waals surface area contributed by atoms with E-state index in [-0.39, 0.29) is 18.6 Å². The molecule has 0 bridgehead atoms. The molecule has 2 aliphatic heterocycles. The number of hydrogen-bond acceptors (Lipinski definition) is 5. The normalized spacial score (nSPS) is 19.1. The second kappa shape index (κ2) is 7.02. The van der Waals surface area contributed by atoms with Gasteiger partial charge < -0.3 is 23.4 Å². The van der Waals surface area contributed by atoms with Gasteiger partial charge in [-0.25, -0.2) is 0 Å². The summed E-state index contributed by atoms with van der Waals surface area (Å²) in [6.45, 7) is 1.14. The van der Waals surface area contributed by atoms with Gasteiger partial charge in [-0.15, -0.1) is 0 Å². The van der Waals surface area contributed by atoms with Crippen molar-refractivity contribution in [2.24, 2.45) is 0 Å². The van der Waals surface area contributed by atoms with Crippen molar-refractivity contribution in [3.05, 3.63) is 47.0 Å². The van der Waals surface area contributed by atoms with Gasteiger partial charge >= 0.3 is 0 Å². The number of fused-ring (bicyclic) bond motifs is 2. The van der Waals surface area contributed by atoms with E-state index in [1.54, 1.807) is 14.2 Å². The van der Waals surface area contributed by atoms with Crippen molar-refractivity contribution >= 4 is 5.78 Å². The number of Topliss-reactive ketones (excluding diaryl/α,β-unsaturated/α-hetero) is 1. The number of carbonyl (C=O) groups is 1. The number of rotatable bonds is 5. The molecular formula is C22H26NO5+. The Labute approximate surface area is 165 Å². The number of methoxy groups -OCH3 is 2. The van der Waals surface area contributed by atoms with E-state index in [1.807, 2.05) is 30.3 Å². The smallest absolute Gasteiger partial charge is 0.231 e. The summed E-state index contributed by atoms with van der Waals surface area (Å²) in [6.07, 6.45) is 1.30. The fraction of sp³-hybridized carbons (Fsp3) is 0.409. The summed E-state index contributed by atoms with van der Waals surface area (Å²) in [5, 5.41) is 0. The van der Waals surface area contributed by atoms with E-state index in [4.69, 9.17) is 18.9 Å². The average Bonchev–Trinajstić information content (AvgIpc) is 3.16. The Kier molecular flexibility index (Phi) is 4.67. The first kappa shape index (κ1) is 18.6. The van der Waals surface area contributed by atoms with Crippen molar-refractivity contribution < 1.29 is 28.2 Å². The van der Waals surface area contributed by atoms with Crippen LogP contribution in [0.4, 0.5) is 0 Å². The summed E-state index contributed by atoms with van der Waals surface area (Å²) in [7, 11) is 7.60. The number of carbonyl (C=O) groups excluding carboxylic acids is 1. The largest absolute Gasteiger partial charge is 0.497 e. The Bertz CT molecular complexity index is 904. The Hall–Kier alpha value is -2.73. The highest BCUT2D eigenvalue weighted by Gasteiger charge is 2.42.